The molecular formula is C25H22F5N3O4S. The number of carbonyl (C=O) groups is 1. The Morgan fingerprint density at radius 3 is 2.34 bits per heavy atom. The summed E-state index contributed by atoms with van der Waals surface area (Å²) in [5, 5.41) is 8.81. The topological polar surface area (TPSA) is 98.2 Å². The molecule has 7 nitrogen and oxygen atoms in total. The van der Waals surface area contributed by atoms with Gasteiger partial charge in [0.15, 0.2) is 27.1 Å². The third-order valence-corrected chi connectivity index (χ3v) is 7.43. The molecule has 0 spiro atoms. The summed E-state index contributed by atoms with van der Waals surface area (Å²) in [5.41, 5.74) is -2.62. The van der Waals surface area contributed by atoms with Gasteiger partial charge in [0.25, 0.3) is 11.8 Å². The molecule has 1 N–H and O–H groups in total. The first-order valence-corrected chi connectivity index (χ1v) is 13.3. The van der Waals surface area contributed by atoms with E-state index in [-0.39, 0.29) is 27.6 Å². The maximum Gasteiger partial charge on any atom is 0.435 e. The van der Waals surface area contributed by atoms with Crippen LogP contribution in [0.4, 0.5) is 27.6 Å². The van der Waals surface area contributed by atoms with Crippen molar-refractivity contribution in [3.63, 3.8) is 0 Å². The van der Waals surface area contributed by atoms with E-state index < -0.39 is 62.0 Å². The Bertz CT molecular complexity index is 1540. The summed E-state index contributed by atoms with van der Waals surface area (Å²) in [7, 11) is -3.65. The Balaban J connectivity index is 1.78. The summed E-state index contributed by atoms with van der Waals surface area (Å²) in [6.07, 6.45) is -1.76. The molecule has 0 unspecified atom stereocenters. The number of nitrogens with one attached hydrogen (secondary N) is 1. The largest absolute Gasteiger partial charge is 0.435 e. The zero-order valence-corrected chi connectivity index (χ0v) is 21.2. The Labute approximate surface area is 215 Å². The lowest BCUT2D eigenvalue weighted by Crippen LogP contribution is -2.21. The van der Waals surface area contributed by atoms with Gasteiger partial charge in [-0.1, -0.05) is 12.5 Å². The fourth-order valence-corrected chi connectivity index (χ4v) is 4.77. The zero-order chi connectivity index (χ0) is 28.0. The first-order valence-electron chi connectivity index (χ1n) is 11.4. The minimum absolute atomic E-state index is 0.0492. The first kappa shape index (κ1) is 27.4. The number of rotatable bonds is 6. The number of hydrogen-bond acceptors (Lipinski definition) is 6. The molecule has 202 valence electrons. The van der Waals surface area contributed by atoms with Gasteiger partial charge in [-0.05, 0) is 73.6 Å². The van der Waals surface area contributed by atoms with Crippen molar-refractivity contribution in [1.29, 1.82) is 0 Å². The highest BCUT2D eigenvalue weighted by Gasteiger charge is 2.38. The smallest absolute Gasteiger partial charge is 0.433 e. The van der Waals surface area contributed by atoms with Crippen LogP contribution in [0.25, 0.3) is 0 Å². The van der Waals surface area contributed by atoms with E-state index in [9.17, 15) is 30.8 Å². The summed E-state index contributed by atoms with van der Waals surface area (Å²) >= 11 is 0. The van der Waals surface area contributed by atoms with Crippen molar-refractivity contribution in [3.8, 4) is 11.6 Å². The summed E-state index contributed by atoms with van der Waals surface area (Å²) in [5.74, 6) is -5.24. The minimum Gasteiger partial charge on any atom is -0.433 e. The van der Waals surface area contributed by atoms with Gasteiger partial charge in [0.2, 0.25) is 5.82 Å². The quantitative estimate of drug-likeness (QED) is 0.369. The Hall–Kier alpha value is -3.61. The molecule has 0 radical (unpaired) electrons. The highest BCUT2D eigenvalue weighted by molar-refractivity contribution is 7.90. The van der Waals surface area contributed by atoms with Gasteiger partial charge >= 0.3 is 6.18 Å². The minimum atomic E-state index is -4.99. The van der Waals surface area contributed by atoms with Crippen molar-refractivity contribution in [3.05, 3.63) is 69.9 Å². The van der Waals surface area contributed by atoms with E-state index >= 15 is 4.39 Å². The molecular weight excluding hydrogens is 533 g/mol. The van der Waals surface area contributed by atoms with Crippen LogP contribution in [0.15, 0.2) is 35.2 Å². The van der Waals surface area contributed by atoms with E-state index in [0.717, 1.165) is 25.7 Å². The van der Waals surface area contributed by atoms with Crippen LogP contribution in [0.5, 0.6) is 11.6 Å². The third-order valence-electron chi connectivity index (χ3n) is 6.32. The number of alkyl halides is 3. The summed E-state index contributed by atoms with van der Waals surface area (Å²) in [6.45, 7) is 2.39. The first-order chi connectivity index (χ1) is 17.7. The molecule has 1 amide bonds. The predicted molar refractivity (Wildman–Crippen MR) is 127 cm³/mol. The number of halogens is 5. The second-order valence-corrected chi connectivity index (χ2v) is 11.1. The van der Waals surface area contributed by atoms with Crippen LogP contribution >= 0.6 is 0 Å². The third kappa shape index (κ3) is 5.33. The molecule has 0 bridgehead atoms. The zero-order valence-electron chi connectivity index (χ0n) is 20.4. The summed E-state index contributed by atoms with van der Waals surface area (Å²) < 4.78 is 99.6. The van der Waals surface area contributed by atoms with E-state index in [1.165, 1.54) is 31.2 Å². The molecule has 0 saturated heterocycles. The van der Waals surface area contributed by atoms with E-state index in [1.54, 1.807) is 0 Å². The highest BCUT2D eigenvalue weighted by Crippen LogP contribution is 2.42. The fraction of sp³-hybridized carbons (Fsp3) is 0.320. The maximum atomic E-state index is 15.0. The molecule has 1 aliphatic carbocycles. The molecule has 1 heterocycles. The number of anilines is 1. The number of benzene rings is 2. The van der Waals surface area contributed by atoms with Gasteiger partial charge in [0.05, 0.1) is 4.90 Å². The van der Waals surface area contributed by atoms with Crippen LogP contribution < -0.4 is 10.1 Å². The molecule has 4 rings (SSSR count). The van der Waals surface area contributed by atoms with E-state index in [0.29, 0.717) is 12.8 Å². The van der Waals surface area contributed by atoms with Crippen molar-refractivity contribution < 1.29 is 39.9 Å². The lowest BCUT2D eigenvalue weighted by atomic mass is 9.79. The molecule has 3 aromatic rings. The van der Waals surface area contributed by atoms with Crippen molar-refractivity contribution in [2.24, 2.45) is 0 Å². The summed E-state index contributed by atoms with van der Waals surface area (Å²) in [6, 6.07) is 6.43. The van der Waals surface area contributed by atoms with Crippen LogP contribution in [0.2, 0.25) is 0 Å². The van der Waals surface area contributed by atoms with Crippen molar-refractivity contribution in [2.75, 3.05) is 11.6 Å². The second-order valence-electron chi connectivity index (χ2n) is 9.08. The normalized spacial score (nSPS) is 14.2. The van der Waals surface area contributed by atoms with Gasteiger partial charge in [-0.2, -0.15) is 17.6 Å². The number of sulfone groups is 1. The van der Waals surface area contributed by atoms with Crippen LogP contribution in [-0.4, -0.2) is 30.8 Å². The highest BCUT2D eigenvalue weighted by atomic mass is 32.2. The Morgan fingerprint density at radius 2 is 1.76 bits per heavy atom. The number of nitrogens with zero attached hydrogens (tertiary/aromatic N) is 2. The number of aryl methyl sites for hydroxylation is 1. The lowest BCUT2D eigenvalue weighted by Gasteiger charge is -2.27. The molecule has 1 aromatic heterocycles. The van der Waals surface area contributed by atoms with Crippen LogP contribution in [0.1, 0.15) is 57.9 Å². The number of carbonyl (C=O) groups excluding carboxylic acids is 1. The Kier molecular flexibility index (Phi) is 7.17. The average Bonchev–Trinajstić information content (AvgIpc) is 2.77. The van der Waals surface area contributed by atoms with Gasteiger partial charge in [0.1, 0.15) is 5.56 Å². The van der Waals surface area contributed by atoms with E-state index in [1.807, 2.05) is 0 Å². The van der Waals surface area contributed by atoms with Gasteiger partial charge in [-0.3, -0.25) is 4.79 Å². The van der Waals surface area contributed by atoms with Gasteiger partial charge in [-0.15, -0.1) is 10.2 Å². The molecule has 2 aromatic carbocycles. The fourth-order valence-electron chi connectivity index (χ4n) is 4.11. The SMILES string of the molecule is Cc1cc(C2CCC2)c(F)c(F)c1Oc1nnc(C(F)(F)F)c(C)c1C(=O)Nc1cccc(S(C)(=O)=O)c1. The maximum absolute atomic E-state index is 15.0. The monoisotopic (exact) mass is 555 g/mol. The number of aromatic nitrogens is 2. The Morgan fingerprint density at radius 1 is 1.08 bits per heavy atom. The molecule has 0 atom stereocenters. The van der Waals surface area contributed by atoms with Crippen molar-refractivity contribution in [2.45, 2.75) is 50.1 Å². The second kappa shape index (κ2) is 9.93. The molecule has 0 aliphatic heterocycles. The van der Waals surface area contributed by atoms with Gasteiger partial charge in [-0.25, -0.2) is 12.8 Å². The molecule has 1 saturated carbocycles. The molecule has 13 heteroatoms. The standard InChI is InChI=1S/C25H22F5N3O4S/c1-12-10-17(14-6-4-7-14)19(26)20(27)21(12)37-24-18(13(2)22(32-33-24)25(28,29)30)23(34)31-15-8-5-9-16(11-15)38(3,35)36/h5,8-11,14H,4,6-7H2,1-3H3,(H,31,34). The van der Waals surface area contributed by atoms with Crippen molar-refractivity contribution in [1.82, 2.24) is 10.2 Å². The predicted octanol–water partition coefficient (Wildman–Crippen LogP) is 6.11. The van der Waals surface area contributed by atoms with Crippen LogP contribution in [0.3, 0.4) is 0 Å². The van der Waals surface area contributed by atoms with E-state index in [2.05, 4.69) is 15.5 Å². The van der Waals surface area contributed by atoms with Crippen LogP contribution in [-0.2, 0) is 16.0 Å². The number of amides is 1. The molecule has 1 fully saturated rings. The number of ether oxygens (including phenoxy) is 1. The van der Waals surface area contributed by atoms with E-state index in [4.69, 9.17) is 4.74 Å². The number of hydrogen-bond donors (Lipinski definition) is 1. The van der Waals surface area contributed by atoms with Crippen LogP contribution in [0, 0.1) is 25.5 Å². The van der Waals surface area contributed by atoms with Crippen molar-refractivity contribution >= 4 is 21.4 Å². The molecule has 1 aliphatic rings. The lowest BCUT2D eigenvalue weighted by molar-refractivity contribution is -0.142. The molecule has 38 heavy (non-hydrogen) atoms. The summed E-state index contributed by atoms with van der Waals surface area (Å²) in [4.78, 5) is 13.0. The average molecular weight is 556 g/mol. The van der Waals surface area contributed by atoms with Gasteiger partial charge < -0.3 is 10.1 Å². The van der Waals surface area contributed by atoms with Gasteiger partial charge in [0, 0.05) is 11.9 Å².